The summed E-state index contributed by atoms with van der Waals surface area (Å²) in [6.07, 6.45) is 0. The average Bonchev–Trinajstić information content (AvgIpc) is 2.78. The largest absolute Gasteiger partial charge is 0.353 e. The van der Waals surface area contributed by atoms with Crippen molar-refractivity contribution in [3.63, 3.8) is 0 Å². The highest BCUT2D eigenvalue weighted by molar-refractivity contribution is 5.97. The van der Waals surface area contributed by atoms with Gasteiger partial charge in [0.25, 0.3) is 5.91 Å². The maximum Gasteiger partial charge on any atom is 0.254 e. The van der Waals surface area contributed by atoms with E-state index in [4.69, 9.17) is 0 Å². The van der Waals surface area contributed by atoms with Crippen molar-refractivity contribution in [2.75, 3.05) is 26.7 Å². The summed E-state index contributed by atoms with van der Waals surface area (Å²) in [5.74, 6) is 0.0785. The predicted molar refractivity (Wildman–Crippen MR) is 118 cm³/mol. The van der Waals surface area contributed by atoms with Crippen LogP contribution in [0.3, 0.4) is 0 Å². The van der Waals surface area contributed by atoms with Crippen LogP contribution in [0.4, 0.5) is 4.39 Å². The van der Waals surface area contributed by atoms with Crippen LogP contribution < -0.4 is 16.0 Å². The van der Waals surface area contributed by atoms with Crippen LogP contribution in [0.5, 0.6) is 0 Å². The van der Waals surface area contributed by atoms with E-state index in [1.807, 2.05) is 25.1 Å². The Morgan fingerprint density at radius 1 is 1.26 bits per heavy atom. The third-order valence-electron chi connectivity index (χ3n) is 5.26. The van der Waals surface area contributed by atoms with Gasteiger partial charge in [-0.2, -0.15) is 0 Å². The molecule has 3 N–H and O–H groups in total. The van der Waals surface area contributed by atoms with Crippen LogP contribution in [-0.4, -0.2) is 49.4 Å². The lowest BCUT2D eigenvalue weighted by molar-refractivity contribution is -0.123. The number of guanidine groups is 1. The number of amides is 2. The van der Waals surface area contributed by atoms with Crippen molar-refractivity contribution in [2.45, 2.75) is 26.4 Å². The van der Waals surface area contributed by atoms with Crippen molar-refractivity contribution in [3.05, 3.63) is 70.5 Å². The van der Waals surface area contributed by atoms with E-state index in [9.17, 15) is 14.0 Å². The van der Waals surface area contributed by atoms with E-state index in [1.165, 1.54) is 6.07 Å². The standard InChI is InChI=1S/C23H28FN5O2/c1-15-4-7-19(12-20(15)24)16(2)28-23(25-3)27-13-17-5-8-18(9-6-17)22(31)29-11-10-26-21(30)14-29/h4-9,12,16H,10-11,13-14H2,1-3H3,(H,26,30)(H2,25,27,28). The van der Waals surface area contributed by atoms with Crippen molar-refractivity contribution < 1.29 is 14.0 Å². The van der Waals surface area contributed by atoms with E-state index < -0.39 is 0 Å². The summed E-state index contributed by atoms with van der Waals surface area (Å²) >= 11 is 0. The molecule has 0 aliphatic carbocycles. The molecule has 7 nitrogen and oxygen atoms in total. The first-order valence-corrected chi connectivity index (χ1v) is 10.3. The number of hydrogen-bond acceptors (Lipinski definition) is 3. The van der Waals surface area contributed by atoms with E-state index in [2.05, 4.69) is 20.9 Å². The summed E-state index contributed by atoms with van der Waals surface area (Å²) in [6.45, 7) is 5.27. The van der Waals surface area contributed by atoms with Crippen molar-refractivity contribution in [1.82, 2.24) is 20.9 Å². The van der Waals surface area contributed by atoms with Crippen LogP contribution in [-0.2, 0) is 11.3 Å². The van der Waals surface area contributed by atoms with E-state index in [0.29, 0.717) is 36.7 Å². The number of carbonyl (C=O) groups excluding carboxylic acids is 2. The van der Waals surface area contributed by atoms with Gasteiger partial charge in [0.2, 0.25) is 5.91 Å². The van der Waals surface area contributed by atoms with Crippen LogP contribution in [0, 0.1) is 12.7 Å². The molecule has 1 aliphatic rings. The summed E-state index contributed by atoms with van der Waals surface area (Å²) in [5.41, 5.74) is 2.98. The fourth-order valence-electron chi connectivity index (χ4n) is 3.31. The van der Waals surface area contributed by atoms with E-state index in [-0.39, 0.29) is 30.2 Å². The Balaban J connectivity index is 1.55. The molecule has 1 heterocycles. The number of benzene rings is 2. The molecule has 2 aromatic carbocycles. The van der Waals surface area contributed by atoms with Gasteiger partial charge in [-0.3, -0.25) is 14.6 Å². The van der Waals surface area contributed by atoms with Crippen molar-refractivity contribution in [1.29, 1.82) is 0 Å². The molecule has 2 amide bonds. The van der Waals surface area contributed by atoms with Gasteiger partial charge < -0.3 is 20.9 Å². The minimum Gasteiger partial charge on any atom is -0.353 e. The molecule has 1 unspecified atom stereocenters. The van der Waals surface area contributed by atoms with E-state index in [1.54, 1.807) is 37.1 Å². The lowest BCUT2D eigenvalue weighted by atomic mass is 10.1. The smallest absolute Gasteiger partial charge is 0.254 e. The van der Waals surface area contributed by atoms with Gasteiger partial charge in [0.05, 0.1) is 12.6 Å². The summed E-state index contributed by atoms with van der Waals surface area (Å²) in [5, 5.41) is 9.19. The Bertz CT molecular complexity index is 974. The maximum atomic E-state index is 13.8. The first kappa shape index (κ1) is 22.3. The third-order valence-corrected chi connectivity index (χ3v) is 5.26. The van der Waals surface area contributed by atoms with Gasteiger partial charge >= 0.3 is 0 Å². The summed E-state index contributed by atoms with van der Waals surface area (Å²) in [6, 6.07) is 12.3. The number of rotatable bonds is 5. The number of nitrogens with one attached hydrogen (secondary N) is 3. The molecule has 0 spiro atoms. The van der Waals surface area contributed by atoms with Gasteiger partial charge in [0, 0.05) is 32.2 Å². The molecule has 8 heteroatoms. The number of piperazine rings is 1. The quantitative estimate of drug-likeness (QED) is 0.506. The molecular weight excluding hydrogens is 397 g/mol. The topological polar surface area (TPSA) is 85.8 Å². The summed E-state index contributed by atoms with van der Waals surface area (Å²) < 4.78 is 13.8. The number of carbonyl (C=O) groups is 2. The molecule has 0 bridgehead atoms. The van der Waals surface area contributed by atoms with Gasteiger partial charge in [-0.15, -0.1) is 0 Å². The Morgan fingerprint density at radius 3 is 2.65 bits per heavy atom. The zero-order valence-electron chi connectivity index (χ0n) is 18.0. The monoisotopic (exact) mass is 425 g/mol. The maximum absolute atomic E-state index is 13.8. The first-order valence-electron chi connectivity index (χ1n) is 10.3. The van der Waals surface area contributed by atoms with Crippen LogP contribution >= 0.6 is 0 Å². The normalized spacial score (nSPS) is 15.3. The van der Waals surface area contributed by atoms with Crippen LogP contribution in [0.15, 0.2) is 47.5 Å². The molecule has 3 rings (SSSR count). The minimum absolute atomic E-state index is 0.0905. The molecule has 1 atom stereocenters. The molecule has 1 fully saturated rings. The molecule has 0 radical (unpaired) electrons. The fraction of sp³-hybridized carbons (Fsp3) is 0.348. The second kappa shape index (κ2) is 10.1. The van der Waals surface area contributed by atoms with Gasteiger partial charge in [0.15, 0.2) is 5.96 Å². The lowest BCUT2D eigenvalue weighted by Gasteiger charge is -2.26. The number of aliphatic imine (C=N–C) groups is 1. The highest BCUT2D eigenvalue weighted by Crippen LogP contribution is 2.16. The molecule has 31 heavy (non-hydrogen) atoms. The fourth-order valence-corrected chi connectivity index (χ4v) is 3.31. The summed E-state index contributed by atoms with van der Waals surface area (Å²) in [7, 11) is 1.67. The average molecular weight is 426 g/mol. The highest BCUT2D eigenvalue weighted by atomic mass is 19.1. The molecule has 2 aromatic rings. The van der Waals surface area contributed by atoms with Crippen LogP contribution in [0.25, 0.3) is 0 Å². The van der Waals surface area contributed by atoms with Gasteiger partial charge in [-0.05, 0) is 48.7 Å². The molecule has 1 aliphatic heterocycles. The molecule has 0 aromatic heterocycles. The van der Waals surface area contributed by atoms with Crippen LogP contribution in [0.1, 0.15) is 40.0 Å². The Labute approximate surface area is 181 Å². The number of aryl methyl sites for hydroxylation is 1. The first-order chi connectivity index (χ1) is 14.9. The van der Waals surface area contributed by atoms with Gasteiger partial charge in [-0.25, -0.2) is 4.39 Å². The van der Waals surface area contributed by atoms with E-state index >= 15 is 0 Å². The molecule has 0 saturated carbocycles. The molecule has 1 saturated heterocycles. The van der Waals surface area contributed by atoms with Crippen molar-refractivity contribution in [2.24, 2.45) is 4.99 Å². The summed E-state index contributed by atoms with van der Waals surface area (Å²) in [4.78, 5) is 29.8. The zero-order chi connectivity index (χ0) is 22.4. The second-order valence-electron chi connectivity index (χ2n) is 7.57. The van der Waals surface area contributed by atoms with Crippen LogP contribution in [0.2, 0.25) is 0 Å². The number of halogens is 1. The lowest BCUT2D eigenvalue weighted by Crippen LogP contribution is -2.49. The van der Waals surface area contributed by atoms with Gasteiger partial charge in [0.1, 0.15) is 5.82 Å². The van der Waals surface area contributed by atoms with E-state index in [0.717, 1.165) is 11.1 Å². The van der Waals surface area contributed by atoms with Crippen molar-refractivity contribution >= 4 is 17.8 Å². The minimum atomic E-state index is -0.228. The zero-order valence-corrected chi connectivity index (χ0v) is 18.0. The highest BCUT2D eigenvalue weighted by Gasteiger charge is 2.22. The Hall–Kier alpha value is -3.42. The molecular formula is C23H28FN5O2. The number of hydrogen-bond donors (Lipinski definition) is 3. The molecule has 164 valence electrons. The second-order valence-corrected chi connectivity index (χ2v) is 7.57. The number of nitrogens with zero attached hydrogens (tertiary/aromatic N) is 2. The Kier molecular flexibility index (Phi) is 7.23. The SMILES string of the molecule is CN=C(NCc1ccc(C(=O)N2CCNC(=O)C2)cc1)NC(C)c1ccc(C)c(F)c1. The van der Waals surface area contributed by atoms with Gasteiger partial charge in [-0.1, -0.05) is 24.3 Å². The Morgan fingerprint density at radius 2 is 2.00 bits per heavy atom. The third kappa shape index (κ3) is 5.81. The predicted octanol–water partition coefficient (Wildman–Crippen LogP) is 2.13. The van der Waals surface area contributed by atoms with Crippen molar-refractivity contribution in [3.8, 4) is 0 Å².